The number of rotatable bonds is 5. The van der Waals surface area contributed by atoms with Crippen molar-refractivity contribution in [2.75, 3.05) is 0 Å². The lowest BCUT2D eigenvalue weighted by atomic mass is 10.0. The number of nitrogens with zero attached hydrogens (tertiary/aromatic N) is 2. The minimum atomic E-state index is -0.768. The summed E-state index contributed by atoms with van der Waals surface area (Å²) < 4.78 is 0. The first-order valence-electron chi connectivity index (χ1n) is 5.12. The average molecular weight is 240 g/mol. The Morgan fingerprint density at radius 1 is 1.24 bits per heavy atom. The van der Waals surface area contributed by atoms with Crippen molar-refractivity contribution in [1.82, 2.24) is 0 Å². The van der Waals surface area contributed by atoms with Gasteiger partial charge in [-0.1, -0.05) is 13.3 Å². The quantitative estimate of drug-likeness (QED) is 0.628. The maximum absolute atomic E-state index is 10.8. The van der Waals surface area contributed by atoms with E-state index in [0.29, 0.717) is 12.8 Å². The molecule has 0 saturated heterocycles. The van der Waals surface area contributed by atoms with Crippen LogP contribution in [0.3, 0.4) is 0 Å². The Morgan fingerprint density at radius 3 is 2.35 bits per heavy atom. The van der Waals surface area contributed by atoms with E-state index in [1.807, 2.05) is 6.92 Å². The molecule has 0 aliphatic heterocycles. The molecule has 1 aromatic rings. The molecule has 0 amide bonds. The van der Waals surface area contributed by atoms with E-state index in [2.05, 4.69) is 0 Å². The van der Waals surface area contributed by atoms with Crippen LogP contribution in [0, 0.1) is 20.2 Å². The van der Waals surface area contributed by atoms with Gasteiger partial charge in [0.15, 0.2) is 0 Å². The molecule has 1 aromatic carbocycles. The topological polar surface area (TPSA) is 107 Å². The fourth-order valence-electron chi connectivity index (χ4n) is 1.51. The van der Waals surface area contributed by atoms with Crippen molar-refractivity contribution in [3.8, 4) is 5.75 Å². The molecule has 0 radical (unpaired) electrons. The van der Waals surface area contributed by atoms with Gasteiger partial charge in [0.2, 0.25) is 0 Å². The highest BCUT2D eigenvalue weighted by atomic mass is 16.6. The van der Waals surface area contributed by atoms with Gasteiger partial charge >= 0.3 is 0 Å². The number of non-ortho nitro benzene ring substituents is 1. The Kier molecular flexibility index (Phi) is 3.97. The largest absolute Gasteiger partial charge is 0.507 e. The van der Waals surface area contributed by atoms with Gasteiger partial charge < -0.3 is 5.11 Å². The van der Waals surface area contributed by atoms with Gasteiger partial charge in [0.05, 0.1) is 27.5 Å². The molecule has 0 fully saturated rings. The lowest BCUT2D eigenvalue weighted by Gasteiger charge is -2.04. The second-order valence-corrected chi connectivity index (χ2v) is 3.58. The third kappa shape index (κ3) is 2.90. The summed E-state index contributed by atoms with van der Waals surface area (Å²) in [4.78, 5) is 19.8. The Hall–Kier alpha value is -2.18. The predicted octanol–water partition coefficient (Wildman–Crippen LogP) is 2.55. The van der Waals surface area contributed by atoms with Gasteiger partial charge in [0.25, 0.3) is 11.4 Å². The Morgan fingerprint density at radius 2 is 1.88 bits per heavy atom. The van der Waals surface area contributed by atoms with Crippen LogP contribution in [0.2, 0.25) is 0 Å². The smallest absolute Gasteiger partial charge is 0.283 e. The van der Waals surface area contributed by atoms with Crippen molar-refractivity contribution in [2.24, 2.45) is 0 Å². The lowest BCUT2D eigenvalue weighted by molar-refractivity contribution is -0.394. The van der Waals surface area contributed by atoms with Crippen molar-refractivity contribution >= 4 is 11.4 Å². The molecular weight excluding hydrogens is 228 g/mol. The minimum Gasteiger partial charge on any atom is -0.507 e. The molecule has 92 valence electrons. The van der Waals surface area contributed by atoms with E-state index in [9.17, 15) is 25.3 Å². The highest BCUT2D eigenvalue weighted by molar-refractivity contribution is 5.56. The normalized spacial score (nSPS) is 10.2. The maximum Gasteiger partial charge on any atom is 0.283 e. The molecular formula is C10H12N2O5. The number of hydrogen-bond acceptors (Lipinski definition) is 5. The molecule has 0 unspecified atom stereocenters. The van der Waals surface area contributed by atoms with E-state index in [1.54, 1.807) is 0 Å². The molecule has 0 aromatic heterocycles. The Bertz CT molecular complexity index is 458. The number of phenolic OH excluding ortho intramolecular Hbond substituents is 1. The number of hydrogen-bond donors (Lipinski definition) is 1. The zero-order valence-corrected chi connectivity index (χ0v) is 9.25. The molecule has 1 rings (SSSR count). The van der Waals surface area contributed by atoms with Crippen molar-refractivity contribution in [2.45, 2.75) is 26.2 Å². The van der Waals surface area contributed by atoms with Crippen LogP contribution >= 0.6 is 0 Å². The van der Waals surface area contributed by atoms with Crippen LogP contribution in [0.15, 0.2) is 12.1 Å². The van der Waals surface area contributed by atoms with Gasteiger partial charge in [-0.25, -0.2) is 0 Å². The lowest BCUT2D eigenvalue weighted by Crippen LogP contribution is -1.98. The molecule has 0 bridgehead atoms. The summed E-state index contributed by atoms with van der Waals surface area (Å²) in [6, 6.07) is 1.82. The van der Waals surface area contributed by atoms with Crippen LogP contribution in [-0.4, -0.2) is 15.0 Å². The van der Waals surface area contributed by atoms with Gasteiger partial charge in [-0.15, -0.1) is 0 Å². The fourth-order valence-corrected chi connectivity index (χ4v) is 1.51. The van der Waals surface area contributed by atoms with Crippen LogP contribution in [0.25, 0.3) is 0 Å². The first-order chi connectivity index (χ1) is 7.97. The van der Waals surface area contributed by atoms with E-state index in [0.717, 1.165) is 18.6 Å². The summed E-state index contributed by atoms with van der Waals surface area (Å²) in [6.45, 7) is 1.91. The van der Waals surface area contributed by atoms with Gasteiger partial charge in [-0.3, -0.25) is 20.2 Å². The molecule has 0 atom stereocenters. The van der Waals surface area contributed by atoms with Crippen molar-refractivity contribution in [3.63, 3.8) is 0 Å². The molecule has 7 heteroatoms. The minimum absolute atomic E-state index is 0.155. The molecule has 0 heterocycles. The van der Waals surface area contributed by atoms with Gasteiger partial charge in [-0.2, -0.15) is 0 Å². The van der Waals surface area contributed by atoms with Gasteiger partial charge in [0.1, 0.15) is 5.75 Å². The number of nitro groups is 2. The van der Waals surface area contributed by atoms with E-state index in [-0.39, 0.29) is 11.3 Å². The summed E-state index contributed by atoms with van der Waals surface area (Å²) in [7, 11) is 0. The molecule has 0 saturated carbocycles. The summed E-state index contributed by atoms with van der Waals surface area (Å²) in [5.74, 6) is -0.389. The zero-order valence-electron chi connectivity index (χ0n) is 9.25. The number of aromatic hydroxyl groups is 1. The summed E-state index contributed by atoms with van der Waals surface area (Å²) >= 11 is 0. The second-order valence-electron chi connectivity index (χ2n) is 3.58. The highest BCUT2D eigenvalue weighted by Crippen LogP contribution is 2.33. The third-order valence-corrected chi connectivity index (χ3v) is 2.38. The highest BCUT2D eigenvalue weighted by Gasteiger charge is 2.23. The number of unbranched alkanes of at least 4 members (excludes halogenated alkanes) is 1. The SMILES string of the molecule is CCCCc1c(O)cc([N+](=O)[O-])cc1[N+](=O)[O-]. The zero-order chi connectivity index (χ0) is 13.0. The van der Waals surface area contributed by atoms with E-state index in [1.165, 1.54) is 0 Å². The summed E-state index contributed by atoms with van der Waals surface area (Å²) in [6.07, 6.45) is 1.82. The molecule has 17 heavy (non-hydrogen) atoms. The third-order valence-electron chi connectivity index (χ3n) is 2.38. The Balaban J connectivity index is 3.28. The monoisotopic (exact) mass is 240 g/mol. The fraction of sp³-hybridized carbons (Fsp3) is 0.400. The van der Waals surface area contributed by atoms with E-state index >= 15 is 0 Å². The van der Waals surface area contributed by atoms with Crippen LogP contribution in [0.5, 0.6) is 5.75 Å². The van der Waals surface area contributed by atoms with Gasteiger partial charge in [0, 0.05) is 0 Å². The average Bonchev–Trinajstić information content (AvgIpc) is 2.26. The molecule has 0 aliphatic carbocycles. The molecule has 1 N–H and O–H groups in total. The number of phenols is 1. The molecule has 7 nitrogen and oxygen atoms in total. The predicted molar refractivity (Wildman–Crippen MR) is 60.0 cm³/mol. The first kappa shape index (κ1) is 12.9. The van der Waals surface area contributed by atoms with Crippen LogP contribution in [0.4, 0.5) is 11.4 Å². The second kappa shape index (κ2) is 5.24. The van der Waals surface area contributed by atoms with E-state index in [4.69, 9.17) is 0 Å². The van der Waals surface area contributed by atoms with Crippen molar-refractivity contribution in [3.05, 3.63) is 37.9 Å². The maximum atomic E-state index is 10.8. The number of nitro benzene ring substituents is 2. The standard InChI is InChI=1S/C10H12N2O5/c1-2-3-4-8-9(12(16)17)5-7(11(14)15)6-10(8)13/h5-6,13H,2-4H2,1H3. The summed E-state index contributed by atoms with van der Waals surface area (Å²) in [5.41, 5.74) is -0.720. The first-order valence-corrected chi connectivity index (χ1v) is 5.12. The van der Waals surface area contributed by atoms with Crippen LogP contribution < -0.4 is 0 Å². The van der Waals surface area contributed by atoms with Gasteiger partial charge in [-0.05, 0) is 12.8 Å². The summed E-state index contributed by atoms with van der Waals surface area (Å²) in [5, 5.41) is 30.9. The molecule has 0 spiro atoms. The van der Waals surface area contributed by atoms with Crippen molar-refractivity contribution < 1.29 is 15.0 Å². The number of benzene rings is 1. The Labute approximate surface area is 97.0 Å². The molecule has 0 aliphatic rings. The van der Waals surface area contributed by atoms with Crippen molar-refractivity contribution in [1.29, 1.82) is 0 Å². The van der Waals surface area contributed by atoms with Crippen LogP contribution in [-0.2, 0) is 6.42 Å². The van der Waals surface area contributed by atoms with E-state index < -0.39 is 21.2 Å². The van der Waals surface area contributed by atoms with Crippen LogP contribution in [0.1, 0.15) is 25.3 Å².